The fourth-order valence-corrected chi connectivity index (χ4v) is 0.780. The highest BCUT2D eigenvalue weighted by Gasteiger charge is 1.86. The first-order valence-electron chi connectivity index (χ1n) is 4.00. The molecule has 0 bridgehead atoms. The number of nitrogens with zero attached hydrogens (tertiary/aromatic N) is 3. The third kappa shape index (κ3) is 3.50. The van der Waals surface area contributed by atoms with Crippen LogP contribution in [0, 0.1) is 20.8 Å². The number of hydrogen-bond acceptors (Lipinski definition) is 3. The summed E-state index contributed by atoms with van der Waals surface area (Å²) in [5.41, 5.74) is 1.11. The zero-order valence-corrected chi connectivity index (χ0v) is 8.00. The minimum Gasteiger partial charge on any atom is -0.283 e. The van der Waals surface area contributed by atoms with Crippen LogP contribution in [0.15, 0.2) is 12.3 Å². The molecule has 0 aromatic carbocycles. The lowest BCUT2D eigenvalue weighted by molar-refractivity contribution is 1.02. The van der Waals surface area contributed by atoms with Crippen LogP contribution in [0.25, 0.3) is 0 Å². The minimum atomic E-state index is 0.803. The van der Waals surface area contributed by atoms with Crippen LogP contribution in [0.3, 0.4) is 0 Å². The summed E-state index contributed by atoms with van der Waals surface area (Å²) in [6.45, 7) is 5.69. The van der Waals surface area contributed by atoms with Gasteiger partial charge in [-0.05, 0) is 26.8 Å². The van der Waals surface area contributed by atoms with Gasteiger partial charge in [-0.2, -0.15) is 10.2 Å². The van der Waals surface area contributed by atoms with Crippen LogP contribution in [-0.4, -0.2) is 25.4 Å². The van der Waals surface area contributed by atoms with E-state index in [0.717, 1.165) is 17.3 Å². The van der Waals surface area contributed by atoms with Gasteiger partial charge in [-0.3, -0.25) is 10.2 Å². The van der Waals surface area contributed by atoms with Gasteiger partial charge in [0.1, 0.15) is 11.6 Å². The van der Waals surface area contributed by atoms with Crippen molar-refractivity contribution in [2.45, 2.75) is 20.8 Å². The summed E-state index contributed by atoms with van der Waals surface area (Å²) in [4.78, 5) is 3.94. The Morgan fingerprint density at radius 3 is 2.08 bits per heavy atom. The maximum absolute atomic E-state index is 3.94. The van der Waals surface area contributed by atoms with E-state index < -0.39 is 0 Å². The summed E-state index contributed by atoms with van der Waals surface area (Å²) in [7, 11) is 0. The monoisotopic (exact) mass is 179 g/mol. The average molecular weight is 179 g/mol. The highest BCUT2D eigenvalue weighted by Crippen LogP contribution is 1.83. The van der Waals surface area contributed by atoms with Crippen molar-refractivity contribution < 1.29 is 0 Å². The van der Waals surface area contributed by atoms with E-state index in [1.807, 2.05) is 26.8 Å². The first kappa shape index (κ1) is 9.44. The molecule has 70 valence electrons. The van der Waals surface area contributed by atoms with E-state index in [0.29, 0.717) is 0 Å². The predicted octanol–water partition coefficient (Wildman–Crippen LogP) is 1.14. The molecule has 13 heavy (non-hydrogen) atoms. The fourth-order valence-electron chi connectivity index (χ4n) is 0.780. The van der Waals surface area contributed by atoms with E-state index in [-0.39, 0.29) is 0 Å². The van der Waals surface area contributed by atoms with Gasteiger partial charge in [-0.15, -0.1) is 0 Å². The van der Waals surface area contributed by atoms with E-state index in [1.165, 1.54) is 0 Å². The van der Waals surface area contributed by atoms with Crippen molar-refractivity contribution in [2.75, 3.05) is 0 Å². The molecule has 2 aromatic rings. The van der Waals surface area contributed by atoms with Crippen molar-refractivity contribution in [3.63, 3.8) is 0 Å². The summed E-state index contributed by atoms with van der Waals surface area (Å²) < 4.78 is 0. The van der Waals surface area contributed by atoms with Gasteiger partial charge in [-0.25, -0.2) is 4.98 Å². The second kappa shape index (κ2) is 4.39. The molecule has 0 radical (unpaired) electrons. The molecule has 0 saturated heterocycles. The van der Waals surface area contributed by atoms with Crippen molar-refractivity contribution in [3.05, 3.63) is 29.6 Å². The fraction of sp³-hybridized carbons (Fsp3) is 0.375. The highest BCUT2D eigenvalue weighted by atomic mass is 15.2. The number of aromatic nitrogens is 5. The Kier molecular flexibility index (Phi) is 3.19. The van der Waals surface area contributed by atoms with E-state index in [9.17, 15) is 0 Å². The second-order valence-corrected chi connectivity index (χ2v) is 2.71. The van der Waals surface area contributed by atoms with Crippen LogP contribution in [0.1, 0.15) is 17.3 Å². The molecule has 0 saturated carbocycles. The Morgan fingerprint density at radius 1 is 1.15 bits per heavy atom. The van der Waals surface area contributed by atoms with Gasteiger partial charge in [0.25, 0.3) is 0 Å². The normalized spacial score (nSPS) is 9.15. The Morgan fingerprint density at radius 2 is 1.92 bits per heavy atom. The van der Waals surface area contributed by atoms with Gasteiger partial charge in [0.2, 0.25) is 0 Å². The van der Waals surface area contributed by atoms with Crippen molar-refractivity contribution in [3.8, 4) is 0 Å². The first-order valence-corrected chi connectivity index (χ1v) is 4.00. The van der Waals surface area contributed by atoms with Gasteiger partial charge < -0.3 is 0 Å². The van der Waals surface area contributed by atoms with E-state index >= 15 is 0 Å². The molecular formula is C8H13N5. The van der Waals surface area contributed by atoms with Gasteiger partial charge in [0.15, 0.2) is 0 Å². The summed E-state index contributed by atoms with van der Waals surface area (Å²) in [5, 5.41) is 12.9. The molecule has 0 aliphatic rings. The van der Waals surface area contributed by atoms with Gasteiger partial charge in [0, 0.05) is 11.9 Å². The minimum absolute atomic E-state index is 0.803. The van der Waals surface area contributed by atoms with E-state index in [2.05, 4.69) is 25.4 Å². The molecule has 5 heteroatoms. The summed E-state index contributed by atoms with van der Waals surface area (Å²) in [6.07, 6.45) is 1.73. The lowest BCUT2D eigenvalue weighted by Crippen LogP contribution is -1.70. The average Bonchev–Trinajstić information content (AvgIpc) is 2.64. The Labute approximate surface area is 76.6 Å². The van der Waals surface area contributed by atoms with E-state index in [1.54, 1.807) is 6.20 Å². The number of aryl methyl sites for hydroxylation is 3. The highest BCUT2D eigenvalue weighted by molar-refractivity contribution is 4.92. The second-order valence-electron chi connectivity index (χ2n) is 2.71. The lowest BCUT2D eigenvalue weighted by Gasteiger charge is -1.68. The first-order chi connectivity index (χ1) is 6.18. The van der Waals surface area contributed by atoms with Crippen LogP contribution in [0.5, 0.6) is 0 Å². The van der Waals surface area contributed by atoms with Crippen molar-refractivity contribution >= 4 is 0 Å². The van der Waals surface area contributed by atoms with Crippen molar-refractivity contribution in [1.82, 2.24) is 25.4 Å². The molecule has 5 nitrogen and oxygen atoms in total. The predicted molar refractivity (Wildman–Crippen MR) is 49.2 cm³/mol. The number of nitrogens with one attached hydrogen (secondary N) is 2. The van der Waals surface area contributed by atoms with Crippen LogP contribution < -0.4 is 0 Å². The maximum atomic E-state index is 3.94. The molecule has 0 unspecified atom stereocenters. The molecule has 0 aliphatic heterocycles. The Hall–Kier alpha value is -1.65. The molecule has 0 aliphatic carbocycles. The molecule has 2 rings (SSSR count). The molecule has 0 atom stereocenters. The smallest absolute Gasteiger partial charge is 0.147 e. The quantitative estimate of drug-likeness (QED) is 0.637. The standard InChI is InChI=1S/C4H7N3.C4H6N2/c1-3-5-4(2)7-6-3;1-4-2-3-5-6-4/h1-2H3,(H,5,6,7);2-3H,1H3,(H,5,6). The van der Waals surface area contributed by atoms with Crippen LogP contribution in [0.2, 0.25) is 0 Å². The third-order valence-corrected chi connectivity index (χ3v) is 1.35. The summed E-state index contributed by atoms with van der Waals surface area (Å²) in [5.74, 6) is 1.68. The van der Waals surface area contributed by atoms with Crippen molar-refractivity contribution in [1.29, 1.82) is 0 Å². The van der Waals surface area contributed by atoms with Gasteiger partial charge in [0.05, 0.1) is 0 Å². The largest absolute Gasteiger partial charge is 0.283 e. The number of aromatic amines is 2. The summed E-state index contributed by atoms with van der Waals surface area (Å²) in [6, 6.07) is 1.92. The lowest BCUT2D eigenvalue weighted by atomic mass is 10.5. The van der Waals surface area contributed by atoms with Gasteiger partial charge >= 0.3 is 0 Å². The molecule has 2 heterocycles. The zero-order chi connectivity index (χ0) is 9.68. The zero-order valence-electron chi connectivity index (χ0n) is 8.00. The number of rotatable bonds is 0. The molecule has 2 aromatic heterocycles. The van der Waals surface area contributed by atoms with Crippen LogP contribution in [-0.2, 0) is 0 Å². The molecule has 0 fully saturated rings. The van der Waals surface area contributed by atoms with Crippen LogP contribution >= 0.6 is 0 Å². The molecular weight excluding hydrogens is 166 g/mol. The molecule has 2 N–H and O–H groups in total. The summed E-state index contributed by atoms with van der Waals surface area (Å²) >= 11 is 0. The van der Waals surface area contributed by atoms with E-state index in [4.69, 9.17) is 0 Å². The Bertz CT molecular complexity index is 319. The third-order valence-electron chi connectivity index (χ3n) is 1.35. The van der Waals surface area contributed by atoms with Crippen LogP contribution in [0.4, 0.5) is 0 Å². The molecule has 0 amide bonds. The maximum Gasteiger partial charge on any atom is 0.147 e. The SMILES string of the molecule is Cc1ccn[nH]1.Cc1n[nH]c(C)n1. The number of hydrogen-bond donors (Lipinski definition) is 2. The topological polar surface area (TPSA) is 70.2 Å². The van der Waals surface area contributed by atoms with Gasteiger partial charge in [-0.1, -0.05) is 0 Å². The molecule has 0 spiro atoms. The Balaban J connectivity index is 0.000000132. The number of H-pyrrole nitrogens is 2. The van der Waals surface area contributed by atoms with Crippen molar-refractivity contribution in [2.24, 2.45) is 0 Å².